The Labute approximate surface area is 126 Å². The lowest BCUT2D eigenvalue weighted by atomic mass is 9.87. The second-order valence-corrected chi connectivity index (χ2v) is 6.55. The molecule has 5 heteroatoms. The van der Waals surface area contributed by atoms with Crippen molar-refractivity contribution in [2.75, 3.05) is 10.6 Å². The Morgan fingerprint density at radius 2 is 1.33 bits per heavy atom. The number of amides is 2. The molecule has 2 amide bonds. The maximum atomic E-state index is 12.0. The highest BCUT2D eigenvalue weighted by atomic mass is 16.2. The van der Waals surface area contributed by atoms with Crippen molar-refractivity contribution < 1.29 is 9.59 Å². The van der Waals surface area contributed by atoms with E-state index >= 15 is 0 Å². The van der Waals surface area contributed by atoms with Gasteiger partial charge >= 0.3 is 0 Å². The summed E-state index contributed by atoms with van der Waals surface area (Å²) in [6, 6.07) is 6.39. The third kappa shape index (κ3) is 5.19. The fraction of sp³-hybridized carbons (Fsp3) is 0.500. The minimum Gasteiger partial charge on any atom is -0.326 e. The molecule has 116 valence electrons. The fourth-order valence-corrected chi connectivity index (χ4v) is 1.54. The highest BCUT2D eigenvalue weighted by Crippen LogP contribution is 2.20. The molecule has 0 spiro atoms. The predicted molar refractivity (Wildman–Crippen MR) is 86.0 cm³/mol. The first-order valence-corrected chi connectivity index (χ1v) is 7.08. The predicted octanol–water partition coefficient (Wildman–Crippen LogP) is 2.59. The zero-order chi connectivity index (χ0) is 16.2. The molecule has 4 N–H and O–H groups in total. The molecule has 0 aliphatic carbocycles. The van der Waals surface area contributed by atoms with Crippen molar-refractivity contribution in [1.82, 2.24) is 0 Å². The lowest BCUT2D eigenvalue weighted by Crippen LogP contribution is -2.45. The second kappa shape index (κ2) is 6.72. The molecule has 0 saturated carbocycles. The molecule has 21 heavy (non-hydrogen) atoms. The average molecular weight is 291 g/mol. The molecule has 1 aromatic carbocycles. The molecule has 1 aromatic rings. The van der Waals surface area contributed by atoms with Gasteiger partial charge in [-0.15, -0.1) is 0 Å². The number of hydrogen-bond acceptors (Lipinski definition) is 3. The van der Waals surface area contributed by atoms with Crippen LogP contribution in [0.3, 0.4) is 0 Å². The van der Waals surface area contributed by atoms with Gasteiger partial charge in [0.1, 0.15) is 0 Å². The Kier molecular flexibility index (Phi) is 5.49. The van der Waals surface area contributed by atoms with Crippen LogP contribution in [0.4, 0.5) is 11.4 Å². The molecule has 0 aliphatic heterocycles. The number of carbonyl (C=O) groups excluding carboxylic acids is 2. The van der Waals surface area contributed by atoms with Crippen LogP contribution in [-0.4, -0.2) is 17.9 Å². The third-order valence-corrected chi connectivity index (χ3v) is 3.16. The monoisotopic (exact) mass is 291 g/mol. The smallest absolute Gasteiger partial charge is 0.241 e. The van der Waals surface area contributed by atoms with Gasteiger partial charge < -0.3 is 16.4 Å². The van der Waals surface area contributed by atoms with Crippen LogP contribution >= 0.6 is 0 Å². The van der Waals surface area contributed by atoms with Gasteiger partial charge in [-0.25, -0.2) is 0 Å². The van der Waals surface area contributed by atoms with Crippen LogP contribution in [0.2, 0.25) is 0 Å². The first-order chi connectivity index (χ1) is 9.61. The van der Waals surface area contributed by atoms with Crippen molar-refractivity contribution in [2.24, 2.45) is 17.1 Å². The van der Waals surface area contributed by atoms with Gasteiger partial charge in [-0.2, -0.15) is 0 Å². The molecule has 0 aromatic heterocycles. The number of rotatable bonds is 4. The minimum absolute atomic E-state index is 0.0402. The summed E-state index contributed by atoms with van der Waals surface area (Å²) in [6.07, 6.45) is 0. The number of benzene rings is 1. The molecule has 0 saturated heterocycles. The Morgan fingerprint density at radius 3 is 1.67 bits per heavy atom. The van der Waals surface area contributed by atoms with Gasteiger partial charge in [0.2, 0.25) is 11.8 Å². The number of hydrogen-bond donors (Lipinski definition) is 3. The first-order valence-electron chi connectivity index (χ1n) is 7.08. The van der Waals surface area contributed by atoms with Gasteiger partial charge in [-0.3, -0.25) is 9.59 Å². The largest absolute Gasteiger partial charge is 0.326 e. The van der Waals surface area contributed by atoms with Gasteiger partial charge in [-0.05, 0) is 29.7 Å². The zero-order valence-electron chi connectivity index (χ0n) is 13.4. The normalized spacial score (nSPS) is 12.9. The van der Waals surface area contributed by atoms with Gasteiger partial charge in [0.25, 0.3) is 0 Å². The molecular weight excluding hydrogens is 266 g/mol. The van der Waals surface area contributed by atoms with Gasteiger partial charge in [0, 0.05) is 17.3 Å². The number of nitrogens with one attached hydrogen (secondary N) is 2. The third-order valence-electron chi connectivity index (χ3n) is 3.16. The van der Waals surface area contributed by atoms with E-state index < -0.39 is 6.04 Å². The summed E-state index contributed by atoms with van der Waals surface area (Å²) >= 11 is 0. The van der Waals surface area contributed by atoms with E-state index in [9.17, 15) is 9.59 Å². The molecule has 1 rings (SSSR count). The van der Waals surface area contributed by atoms with Gasteiger partial charge in [0.05, 0.1) is 6.04 Å². The van der Waals surface area contributed by atoms with E-state index in [0.29, 0.717) is 11.4 Å². The van der Waals surface area contributed by atoms with Crippen LogP contribution in [0.25, 0.3) is 0 Å². The van der Waals surface area contributed by atoms with Gasteiger partial charge in [-0.1, -0.05) is 34.6 Å². The SMILES string of the molecule is CC(C)C(=O)Nc1ccc(NC(=O)[C@@H](N)C(C)(C)C)cc1. The van der Waals surface area contributed by atoms with Crippen molar-refractivity contribution in [2.45, 2.75) is 40.7 Å². The molecule has 0 unspecified atom stereocenters. The summed E-state index contributed by atoms with van der Waals surface area (Å²) in [6.45, 7) is 9.42. The summed E-state index contributed by atoms with van der Waals surface area (Å²) in [5.41, 5.74) is 6.96. The van der Waals surface area contributed by atoms with E-state index in [4.69, 9.17) is 5.73 Å². The Bertz CT molecular complexity index is 501. The molecule has 1 atom stereocenters. The maximum Gasteiger partial charge on any atom is 0.241 e. The summed E-state index contributed by atoms with van der Waals surface area (Å²) < 4.78 is 0. The molecule has 0 fully saturated rings. The van der Waals surface area contributed by atoms with Gasteiger partial charge in [0.15, 0.2) is 0 Å². The van der Waals surface area contributed by atoms with Crippen molar-refractivity contribution >= 4 is 23.2 Å². The fourth-order valence-electron chi connectivity index (χ4n) is 1.54. The standard InChI is InChI=1S/C16H25N3O2/c1-10(2)14(20)18-11-6-8-12(9-7-11)19-15(21)13(17)16(3,4)5/h6-10,13H,17H2,1-5H3,(H,18,20)(H,19,21)/t13-/m1/s1. The Morgan fingerprint density at radius 1 is 0.952 bits per heavy atom. The van der Waals surface area contributed by atoms with Crippen LogP contribution in [-0.2, 0) is 9.59 Å². The highest BCUT2D eigenvalue weighted by molar-refractivity contribution is 5.96. The van der Waals surface area contributed by atoms with E-state index in [1.807, 2.05) is 34.6 Å². The molecule has 0 bridgehead atoms. The average Bonchev–Trinajstić information content (AvgIpc) is 2.38. The summed E-state index contributed by atoms with van der Waals surface area (Å²) in [5, 5.41) is 5.57. The van der Waals surface area contributed by atoms with E-state index in [-0.39, 0.29) is 23.1 Å². The summed E-state index contributed by atoms with van der Waals surface area (Å²) in [7, 11) is 0. The number of anilines is 2. The van der Waals surface area contributed by atoms with Crippen molar-refractivity contribution in [3.8, 4) is 0 Å². The van der Waals surface area contributed by atoms with Crippen LogP contribution < -0.4 is 16.4 Å². The van der Waals surface area contributed by atoms with Crippen LogP contribution in [0.1, 0.15) is 34.6 Å². The lowest BCUT2D eigenvalue weighted by molar-refractivity contribution is -0.120. The van der Waals surface area contributed by atoms with Crippen molar-refractivity contribution in [3.05, 3.63) is 24.3 Å². The van der Waals surface area contributed by atoms with E-state index in [1.54, 1.807) is 24.3 Å². The lowest BCUT2D eigenvalue weighted by Gasteiger charge is -2.25. The van der Waals surface area contributed by atoms with Crippen molar-refractivity contribution in [1.29, 1.82) is 0 Å². The van der Waals surface area contributed by atoms with Crippen LogP contribution in [0, 0.1) is 11.3 Å². The van der Waals surface area contributed by atoms with Crippen LogP contribution in [0.15, 0.2) is 24.3 Å². The Hall–Kier alpha value is -1.88. The highest BCUT2D eigenvalue weighted by Gasteiger charge is 2.27. The second-order valence-electron chi connectivity index (χ2n) is 6.55. The number of nitrogens with two attached hydrogens (primary N) is 1. The van der Waals surface area contributed by atoms with Crippen molar-refractivity contribution in [3.63, 3.8) is 0 Å². The van der Waals surface area contributed by atoms with E-state index in [0.717, 1.165) is 0 Å². The quantitative estimate of drug-likeness (QED) is 0.797. The maximum absolute atomic E-state index is 12.0. The number of carbonyl (C=O) groups is 2. The minimum atomic E-state index is -0.585. The Balaban J connectivity index is 2.67. The van der Waals surface area contributed by atoms with E-state index in [2.05, 4.69) is 10.6 Å². The molecule has 0 heterocycles. The summed E-state index contributed by atoms with van der Waals surface area (Å²) in [5.74, 6) is -0.336. The zero-order valence-corrected chi connectivity index (χ0v) is 13.4. The molecule has 0 radical (unpaired) electrons. The molecule has 0 aliphatic rings. The topological polar surface area (TPSA) is 84.2 Å². The summed E-state index contributed by atoms with van der Waals surface area (Å²) in [4.78, 5) is 23.6. The van der Waals surface area contributed by atoms with Crippen LogP contribution in [0.5, 0.6) is 0 Å². The first kappa shape index (κ1) is 17.2. The van der Waals surface area contributed by atoms with E-state index in [1.165, 1.54) is 0 Å². The molecular formula is C16H25N3O2. The molecule has 5 nitrogen and oxygen atoms in total.